The normalized spacial score (nSPS) is 10.2. The van der Waals surface area contributed by atoms with Gasteiger partial charge in [-0.2, -0.15) is 0 Å². The lowest BCUT2D eigenvalue weighted by Crippen LogP contribution is -2.24. The van der Waals surface area contributed by atoms with Crippen LogP contribution in [0.4, 0.5) is 11.4 Å². The zero-order valence-corrected chi connectivity index (χ0v) is 10.3. The number of benzene rings is 1. The molecule has 0 heterocycles. The van der Waals surface area contributed by atoms with Crippen LogP contribution in [0.25, 0.3) is 0 Å². The van der Waals surface area contributed by atoms with Crippen LogP contribution in [0, 0.1) is 0 Å². The molecule has 1 aromatic carbocycles. The summed E-state index contributed by atoms with van der Waals surface area (Å²) in [6.07, 6.45) is 0.885. The Labute approximate surface area is 101 Å². The number of rotatable bonds is 6. The average Bonchev–Trinajstić information content (AvgIpc) is 2.29. The van der Waals surface area contributed by atoms with Crippen molar-refractivity contribution >= 4 is 17.3 Å². The highest BCUT2D eigenvalue weighted by Crippen LogP contribution is 2.21. The number of ether oxygens (including phenoxy) is 1. The minimum atomic E-state index is -0.467. The van der Waals surface area contributed by atoms with Crippen molar-refractivity contribution in [2.24, 2.45) is 5.73 Å². The zero-order chi connectivity index (χ0) is 12.8. The van der Waals surface area contributed by atoms with E-state index in [4.69, 9.17) is 16.2 Å². The van der Waals surface area contributed by atoms with Crippen molar-refractivity contribution < 1.29 is 9.53 Å². The molecule has 0 bridgehead atoms. The fraction of sp³-hybridized carbons (Fsp3) is 0.417. The van der Waals surface area contributed by atoms with E-state index in [9.17, 15) is 4.79 Å². The molecule has 0 radical (unpaired) electrons. The number of carbonyl (C=O) groups excluding carboxylic acids is 1. The van der Waals surface area contributed by atoms with Gasteiger partial charge < -0.3 is 21.1 Å². The Bertz CT molecular complexity index is 393. The van der Waals surface area contributed by atoms with Gasteiger partial charge in [-0.3, -0.25) is 4.79 Å². The van der Waals surface area contributed by atoms with Gasteiger partial charge in [-0.1, -0.05) is 0 Å². The fourth-order valence-electron chi connectivity index (χ4n) is 1.65. The molecule has 17 heavy (non-hydrogen) atoms. The molecule has 0 aliphatic rings. The average molecular weight is 237 g/mol. The minimum absolute atomic E-state index is 0.449. The first kappa shape index (κ1) is 13.3. The van der Waals surface area contributed by atoms with Crippen molar-refractivity contribution in [3.63, 3.8) is 0 Å². The van der Waals surface area contributed by atoms with Crippen molar-refractivity contribution in [1.29, 1.82) is 0 Å². The minimum Gasteiger partial charge on any atom is -0.399 e. The van der Waals surface area contributed by atoms with Gasteiger partial charge >= 0.3 is 0 Å². The Hall–Kier alpha value is -1.75. The molecule has 5 heteroatoms. The van der Waals surface area contributed by atoms with Gasteiger partial charge in [0.05, 0.1) is 5.56 Å². The topological polar surface area (TPSA) is 81.6 Å². The highest BCUT2D eigenvalue weighted by molar-refractivity contribution is 5.99. The molecule has 0 unspecified atom stereocenters. The summed E-state index contributed by atoms with van der Waals surface area (Å²) in [7, 11) is 3.58. The Morgan fingerprint density at radius 2 is 2.18 bits per heavy atom. The summed E-state index contributed by atoms with van der Waals surface area (Å²) in [5.74, 6) is -0.467. The highest BCUT2D eigenvalue weighted by atomic mass is 16.5. The predicted octanol–water partition coefficient (Wildman–Crippen LogP) is 0.840. The van der Waals surface area contributed by atoms with Gasteiger partial charge in [0, 0.05) is 38.7 Å². The Morgan fingerprint density at radius 1 is 1.47 bits per heavy atom. The van der Waals surface area contributed by atoms with Crippen molar-refractivity contribution in [2.45, 2.75) is 6.42 Å². The van der Waals surface area contributed by atoms with E-state index >= 15 is 0 Å². The molecular weight excluding hydrogens is 218 g/mol. The van der Waals surface area contributed by atoms with Gasteiger partial charge in [0.15, 0.2) is 0 Å². The van der Waals surface area contributed by atoms with Gasteiger partial charge in [0.25, 0.3) is 5.91 Å². The maximum atomic E-state index is 11.3. The quantitative estimate of drug-likeness (QED) is 0.567. The number of carbonyl (C=O) groups is 1. The monoisotopic (exact) mass is 237 g/mol. The number of amides is 1. The number of methoxy groups -OCH3 is 1. The van der Waals surface area contributed by atoms with Crippen LogP contribution in [-0.2, 0) is 4.74 Å². The maximum Gasteiger partial charge on any atom is 0.250 e. The van der Waals surface area contributed by atoms with Crippen LogP contribution in [0.15, 0.2) is 18.2 Å². The number of nitrogens with zero attached hydrogens (tertiary/aromatic N) is 1. The van der Waals surface area contributed by atoms with Crippen molar-refractivity contribution in [1.82, 2.24) is 0 Å². The predicted molar refractivity (Wildman–Crippen MR) is 69.1 cm³/mol. The summed E-state index contributed by atoms with van der Waals surface area (Å²) < 4.78 is 4.99. The SMILES string of the molecule is COCCCN(C)c1ccc(N)cc1C(N)=O. The Balaban J connectivity index is 2.84. The van der Waals surface area contributed by atoms with Crippen molar-refractivity contribution in [3.8, 4) is 0 Å². The van der Waals surface area contributed by atoms with E-state index in [-0.39, 0.29) is 0 Å². The second kappa shape index (κ2) is 6.10. The standard InChI is InChI=1S/C12H19N3O2/c1-15(6-3-7-17-2)11-5-4-9(13)8-10(11)12(14)16/h4-5,8H,3,6-7,13H2,1-2H3,(H2,14,16). The van der Waals surface area contributed by atoms with Crippen LogP contribution in [0.1, 0.15) is 16.8 Å². The molecule has 5 nitrogen and oxygen atoms in total. The summed E-state index contributed by atoms with van der Waals surface area (Å²) in [6.45, 7) is 1.48. The van der Waals surface area contributed by atoms with Crippen LogP contribution in [-0.4, -0.2) is 33.2 Å². The smallest absolute Gasteiger partial charge is 0.250 e. The number of hydrogen-bond acceptors (Lipinski definition) is 4. The first-order chi connectivity index (χ1) is 8.06. The summed E-state index contributed by atoms with van der Waals surface area (Å²) >= 11 is 0. The van der Waals surface area contributed by atoms with E-state index in [2.05, 4.69) is 0 Å². The van der Waals surface area contributed by atoms with Gasteiger partial charge in [-0.15, -0.1) is 0 Å². The molecule has 94 valence electrons. The third-order valence-corrected chi connectivity index (χ3v) is 2.54. The summed E-state index contributed by atoms with van der Waals surface area (Å²) in [5, 5.41) is 0. The number of primary amides is 1. The van der Waals surface area contributed by atoms with E-state index in [1.807, 2.05) is 18.0 Å². The third-order valence-electron chi connectivity index (χ3n) is 2.54. The molecule has 0 saturated carbocycles. The number of nitrogens with two attached hydrogens (primary N) is 2. The molecule has 1 rings (SSSR count). The van der Waals surface area contributed by atoms with E-state index < -0.39 is 5.91 Å². The summed E-state index contributed by atoms with van der Waals surface area (Å²) in [4.78, 5) is 13.3. The molecule has 1 aromatic rings. The molecule has 4 N–H and O–H groups in total. The molecular formula is C12H19N3O2. The molecule has 0 aliphatic heterocycles. The first-order valence-corrected chi connectivity index (χ1v) is 5.45. The lowest BCUT2D eigenvalue weighted by molar-refractivity contribution is 0.100. The second-order valence-corrected chi connectivity index (χ2v) is 3.91. The number of hydrogen-bond donors (Lipinski definition) is 2. The van der Waals surface area contributed by atoms with Crippen LogP contribution in [0.2, 0.25) is 0 Å². The highest BCUT2D eigenvalue weighted by Gasteiger charge is 2.11. The van der Waals surface area contributed by atoms with E-state index in [1.165, 1.54) is 0 Å². The largest absolute Gasteiger partial charge is 0.399 e. The van der Waals surface area contributed by atoms with E-state index in [0.29, 0.717) is 17.9 Å². The van der Waals surface area contributed by atoms with Crippen LogP contribution >= 0.6 is 0 Å². The van der Waals surface area contributed by atoms with Gasteiger partial charge in [-0.05, 0) is 24.6 Å². The van der Waals surface area contributed by atoms with Crippen LogP contribution < -0.4 is 16.4 Å². The van der Waals surface area contributed by atoms with Gasteiger partial charge in [0.1, 0.15) is 0 Å². The molecule has 0 saturated heterocycles. The van der Waals surface area contributed by atoms with Crippen molar-refractivity contribution in [3.05, 3.63) is 23.8 Å². The van der Waals surface area contributed by atoms with Gasteiger partial charge in [-0.25, -0.2) is 0 Å². The lowest BCUT2D eigenvalue weighted by atomic mass is 10.1. The van der Waals surface area contributed by atoms with Crippen LogP contribution in [0.3, 0.4) is 0 Å². The summed E-state index contributed by atoms with van der Waals surface area (Å²) in [5.41, 5.74) is 12.7. The summed E-state index contributed by atoms with van der Waals surface area (Å²) in [6, 6.07) is 5.17. The number of anilines is 2. The Morgan fingerprint density at radius 3 is 2.76 bits per heavy atom. The van der Waals surface area contributed by atoms with Crippen molar-refractivity contribution in [2.75, 3.05) is 37.9 Å². The zero-order valence-electron chi connectivity index (χ0n) is 10.3. The molecule has 0 atom stereocenters. The molecule has 1 amide bonds. The van der Waals surface area contributed by atoms with E-state index in [0.717, 1.165) is 18.7 Å². The molecule has 0 fully saturated rings. The van der Waals surface area contributed by atoms with Gasteiger partial charge in [0.2, 0.25) is 0 Å². The molecule has 0 aromatic heterocycles. The second-order valence-electron chi connectivity index (χ2n) is 3.91. The van der Waals surface area contributed by atoms with E-state index in [1.54, 1.807) is 19.2 Å². The first-order valence-electron chi connectivity index (χ1n) is 5.45. The lowest BCUT2D eigenvalue weighted by Gasteiger charge is -2.21. The molecule has 0 spiro atoms. The Kier molecular flexibility index (Phi) is 4.78. The molecule has 0 aliphatic carbocycles. The number of nitrogen functional groups attached to an aromatic ring is 1. The fourth-order valence-corrected chi connectivity index (χ4v) is 1.65. The third kappa shape index (κ3) is 3.64. The van der Waals surface area contributed by atoms with Crippen LogP contribution in [0.5, 0.6) is 0 Å². The maximum absolute atomic E-state index is 11.3.